The highest BCUT2D eigenvalue weighted by Gasteiger charge is 2.10. The Hall–Kier alpha value is -0.680. The van der Waals surface area contributed by atoms with E-state index in [1.54, 1.807) is 0 Å². The van der Waals surface area contributed by atoms with Crippen molar-refractivity contribution in [2.45, 2.75) is 32.7 Å². The molecule has 0 heterocycles. The van der Waals surface area contributed by atoms with Gasteiger partial charge in [-0.2, -0.15) is 0 Å². The summed E-state index contributed by atoms with van der Waals surface area (Å²) in [6.45, 7) is 4.88. The van der Waals surface area contributed by atoms with Gasteiger partial charge in [0, 0.05) is 12.5 Å². The van der Waals surface area contributed by atoms with Crippen molar-refractivity contribution in [3.63, 3.8) is 0 Å². The van der Waals surface area contributed by atoms with E-state index in [1.807, 2.05) is 25.1 Å². The summed E-state index contributed by atoms with van der Waals surface area (Å²) in [5, 5.41) is 4.64. The van der Waals surface area contributed by atoms with Gasteiger partial charge < -0.3 is 5.32 Å². The van der Waals surface area contributed by atoms with Crippen molar-refractivity contribution < 1.29 is 0 Å². The van der Waals surface area contributed by atoms with Crippen LogP contribution in [0.2, 0.25) is 10.0 Å². The van der Waals surface area contributed by atoms with Crippen LogP contribution in [-0.4, -0.2) is 6.54 Å². The molecule has 1 N–H and O–H groups in total. The van der Waals surface area contributed by atoms with Crippen molar-refractivity contribution in [1.82, 2.24) is 5.32 Å². The SMILES string of the molecule is CC#CCCC(NCC)c1ccc(Cl)c(Cl)c1. The summed E-state index contributed by atoms with van der Waals surface area (Å²) in [6, 6.07) is 6.07. The van der Waals surface area contributed by atoms with E-state index in [2.05, 4.69) is 24.1 Å². The minimum absolute atomic E-state index is 0.288. The molecule has 17 heavy (non-hydrogen) atoms. The van der Waals surface area contributed by atoms with Gasteiger partial charge in [0.2, 0.25) is 0 Å². The summed E-state index contributed by atoms with van der Waals surface area (Å²) >= 11 is 11.9. The predicted octanol–water partition coefficient (Wildman–Crippen LogP) is 4.45. The quantitative estimate of drug-likeness (QED) is 0.779. The minimum atomic E-state index is 0.288. The Bertz CT molecular complexity index is 418. The van der Waals surface area contributed by atoms with Gasteiger partial charge in [0.05, 0.1) is 10.0 Å². The molecular formula is C14H17Cl2N. The molecule has 0 aliphatic heterocycles. The highest BCUT2D eigenvalue weighted by atomic mass is 35.5. The van der Waals surface area contributed by atoms with Gasteiger partial charge in [-0.05, 0) is 37.6 Å². The molecule has 0 aromatic heterocycles. The second kappa shape index (κ2) is 7.61. The van der Waals surface area contributed by atoms with Crippen LogP contribution in [0.25, 0.3) is 0 Å². The fraction of sp³-hybridized carbons (Fsp3) is 0.429. The van der Waals surface area contributed by atoms with Gasteiger partial charge >= 0.3 is 0 Å². The lowest BCUT2D eigenvalue weighted by atomic mass is 10.0. The predicted molar refractivity (Wildman–Crippen MR) is 75.6 cm³/mol. The first-order valence-corrected chi connectivity index (χ1v) is 6.52. The van der Waals surface area contributed by atoms with Crippen LogP contribution in [-0.2, 0) is 0 Å². The fourth-order valence-electron chi connectivity index (χ4n) is 1.70. The van der Waals surface area contributed by atoms with Crippen molar-refractivity contribution in [2.75, 3.05) is 6.54 Å². The second-order valence-electron chi connectivity index (χ2n) is 3.75. The highest BCUT2D eigenvalue weighted by Crippen LogP contribution is 2.27. The minimum Gasteiger partial charge on any atom is -0.310 e. The summed E-state index contributed by atoms with van der Waals surface area (Å²) in [6.07, 6.45) is 1.86. The molecule has 0 radical (unpaired) electrons. The van der Waals surface area contributed by atoms with Gasteiger partial charge in [-0.3, -0.25) is 0 Å². The van der Waals surface area contributed by atoms with Crippen LogP contribution >= 0.6 is 23.2 Å². The van der Waals surface area contributed by atoms with Gasteiger partial charge in [-0.1, -0.05) is 36.2 Å². The third kappa shape index (κ3) is 4.60. The molecule has 0 aliphatic rings. The molecule has 1 unspecified atom stereocenters. The zero-order chi connectivity index (χ0) is 12.7. The van der Waals surface area contributed by atoms with E-state index in [-0.39, 0.29) is 6.04 Å². The smallest absolute Gasteiger partial charge is 0.0595 e. The van der Waals surface area contributed by atoms with E-state index in [0.29, 0.717) is 10.0 Å². The van der Waals surface area contributed by atoms with E-state index >= 15 is 0 Å². The van der Waals surface area contributed by atoms with E-state index in [1.165, 1.54) is 5.56 Å². The molecule has 0 bridgehead atoms. The van der Waals surface area contributed by atoms with Crippen LogP contribution in [0.3, 0.4) is 0 Å². The van der Waals surface area contributed by atoms with Crippen LogP contribution in [0.5, 0.6) is 0 Å². The summed E-state index contributed by atoms with van der Waals surface area (Å²) in [5.74, 6) is 6.00. The van der Waals surface area contributed by atoms with Gasteiger partial charge in [0.25, 0.3) is 0 Å². The summed E-state index contributed by atoms with van der Waals surface area (Å²) in [5.41, 5.74) is 1.17. The van der Waals surface area contributed by atoms with E-state index < -0.39 is 0 Å². The Morgan fingerprint density at radius 2 is 2.06 bits per heavy atom. The lowest BCUT2D eigenvalue weighted by Gasteiger charge is -2.17. The Kier molecular flexibility index (Phi) is 6.44. The number of benzene rings is 1. The van der Waals surface area contributed by atoms with E-state index in [9.17, 15) is 0 Å². The largest absolute Gasteiger partial charge is 0.310 e. The van der Waals surface area contributed by atoms with Gasteiger partial charge in [0.15, 0.2) is 0 Å². The Labute approximate surface area is 114 Å². The van der Waals surface area contributed by atoms with Crippen LogP contribution in [0.4, 0.5) is 0 Å². The maximum Gasteiger partial charge on any atom is 0.0595 e. The summed E-state index contributed by atoms with van der Waals surface area (Å²) < 4.78 is 0. The van der Waals surface area contributed by atoms with Crippen molar-refractivity contribution >= 4 is 23.2 Å². The van der Waals surface area contributed by atoms with Crippen LogP contribution in [0.15, 0.2) is 18.2 Å². The Balaban J connectivity index is 2.79. The van der Waals surface area contributed by atoms with E-state index in [0.717, 1.165) is 19.4 Å². The second-order valence-corrected chi connectivity index (χ2v) is 4.56. The standard InChI is InChI=1S/C14H17Cl2N/c1-3-5-6-7-14(17-4-2)11-8-9-12(15)13(16)10-11/h8-10,14,17H,4,6-7H2,1-2H3. The average Bonchev–Trinajstić information content (AvgIpc) is 2.32. The first-order valence-electron chi connectivity index (χ1n) is 5.77. The topological polar surface area (TPSA) is 12.0 Å². The molecule has 0 saturated carbocycles. The first kappa shape index (κ1) is 14.4. The van der Waals surface area contributed by atoms with Crippen molar-refractivity contribution in [1.29, 1.82) is 0 Å². The zero-order valence-electron chi connectivity index (χ0n) is 10.2. The number of hydrogen-bond acceptors (Lipinski definition) is 1. The fourth-order valence-corrected chi connectivity index (χ4v) is 2.01. The molecule has 1 rings (SSSR count). The molecule has 0 amide bonds. The molecular weight excluding hydrogens is 253 g/mol. The van der Waals surface area contributed by atoms with Gasteiger partial charge in [-0.25, -0.2) is 0 Å². The number of nitrogens with one attached hydrogen (secondary N) is 1. The molecule has 1 aromatic rings. The lowest BCUT2D eigenvalue weighted by Crippen LogP contribution is -2.20. The van der Waals surface area contributed by atoms with Crippen LogP contribution in [0.1, 0.15) is 38.3 Å². The first-order chi connectivity index (χ1) is 8.19. The Morgan fingerprint density at radius 1 is 1.29 bits per heavy atom. The molecule has 3 heteroatoms. The number of rotatable bonds is 5. The summed E-state index contributed by atoms with van der Waals surface area (Å²) in [4.78, 5) is 0. The molecule has 0 fully saturated rings. The maximum absolute atomic E-state index is 6.03. The highest BCUT2D eigenvalue weighted by molar-refractivity contribution is 6.42. The Morgan fingerprint density at radius 3 is 2.65 bits per heavy atom. The van der Waals surface area contributed by atoms with Crippen molar-refractivity contribution in [3.05, 3.63) is 33.8 Å². The maximum atomic E-state index is 6.03. The molecule has 1 nitrogen and oxygen atoms in total. The normalized spacial score (nSPS) is 11.8. The van der Waals surface area contributed by atoms with Gasteiger partial charge in [0.1, 0.15) is 0 Å². The van der Waals surface area contributed by atoms with Crippen LogP contribution in [0, 0.1) is 11.8 Å². The number of halogens is 2. The third-order valence-electron chi connectivity index (χ3n) is 2.53. The molecule has 1 aromatic carbocycles. The van der Waals surface area contributed by atoms with E-state index in [4.69, 9.17) is 23.2 Å². The van der Waals surface area contributed by atoms with Gasteiger partial charge in [-0.15, -0.1) is 11.8 Å². The molecule has 1 atom stereocenters. The third-order valence-corrected chi connectivity index (χ3v) is 3.27. The van der Waals surface area contributed by atoms with Crippen molar-refractivity contribution in [2.24, 2.45) is 0 Å². The average molecular weight is 270 g/mol. The molecule has 0 aliphatic carbocycles. The number of hydrogen-bond donors (Lipinski definition) is 1. The van der Waals surface area contributed by atoms with Crippen molar-refractivity contribution in [3.8, 4) is 11.8 Å². The zero-order valence-corrected chi connectivity index (χ0v) is 11.7. The lowest BCUT2D eigenvalue weighted by molar-refractivity contribution is 0.522. The molecule has 0 saturated heterocycles. The molecule has 92 valence electrons. The van der Waals surface area contributed by atoms with Crippen LogP contribution < -0.4 is 5.32 Å². The molecule has 0 spiro atoms. The summed E-state index contributed by atoms with van der Waals surface area (Å²) in [7, 11) is 0. The monoisotopic (exact) mass is 269 g/mol.